The van der Waals surface area contributed by atoms with Crippen LogP contribution in [0.2, 0.25) is 0 Å². The summed E-state index contributed by atoms with van der Waals surface area (Å²) < 4.78 is 6.18. The molecular weight excluding hydrogens is 182 g/mol. The Balaban J connectivity index is 1.87. The molecule has 3 heterocycles. The van der Waals surface area contributed by atoms with Crippen molar-refractivity contribution in [2.75, 3.05) is 0 Å². The Morgan fingerprint density at radius 1 is 1.43 bits per heavy atom. The van der Waals surface area contributed by atoms with E-state index in [1.807, 2.05) is 0 Å². The van der Waals surface area contributed by atoms with E-state index in [0.29, 0.717) is 12.1 Å². The maximum atomic E-state index is 11.3. The second kappa shape index (κ2) is 2.95. The average molecular weight is 195 g/mol. The van der Waals surface area contributed by atoms with Crippen molar-refractivity contribution in [2.45, 2.75) is 43.8 Å². The van der Waals surface area contributed by atoms with Crippen LogP contribution in [-0.2, 0) is 0 Å². The molecule has 2 saturated heterocycles. The minimum atomic E-state index is -0.323. The molecule has 0 amide bonds. The highest BCUT2D eigenvalue weighted by Crippen LogP contribution is 2.32. The van der Waals surface area contributed by atoms with Crippen molar-refractivity contribution in [3.05, 3.63) is 16.9 Å². The zero-order chi connectivity index (χ0) is 9.54. The summed E-state index contributed by atoms with van der Waals surface area (Å²) in [7, 11) is 0. The SMILES string of the molecule is O=c1ocnn1C1CC2CCC(C1)N2. The van der Waals surface area contributed by atoms with E-state index in [4.69, 9.17) is 0 Å². The number of hydrogen-bond acceptors (Lipinski definition) is 4. The number of hydrogen-bond donors (Lipinski definition) is 1. The maximum absolute atomic E-state index is 11.3. The third kappa shape index (κ3) is 1.19. The first kappa shape index (κ1) is 8.23. The molecule has 2 aliphatic heterocycles. The highest BCUT2D eigenvalue weighted by atomic mass is 16.4. The fourth-order valence-corrected chi connectivity index (χ4v) is 2.69. The van der Waals surface area contributed by atoms with Crippen molar-refractivity contribution >= 4 is 0 Å². The topological polar surface area (TPSA) is 60.1 Å². The molecule has 2 atom stereocenters. The Morgan fingerprint density at radius 3 is 2.71 bits per heavy atom. The minimum Gasteiger partial charge on any atom is -0.395 e. The molecule has 14 heavy (non-hydrogen) atoms. The van der Waals surface area contributed by atoms with E-state index in [9.17, 15) is 4.79 Å². The molecule has 0 aromatic carbocycles. The summed E-state index contributed by atoms with van der Waals surface area (Å²) >= 11 is 0. The summed E-state index contributed by atoms with van der Waals surface area (Å²) in [6, 6.07) is 1.38. The summed E-state index contributed by atoms with van der Waals surface area (Å²) in [5.74, 6) is -0.323. The molecule has 3 rings (SSSR count). The van der Waals surface area contributed by atoms with Gasteiger partial charge in [0.05, 0.1) is 6.04 Å². The molecule has 2 fully saturated rings. The average Bonchev–Trinajstić information content (AvgIpc) is 2.73. The standard InChI is InChI=1S/C9H13N3O2/c13-9-12(10-5-14-9)8-3-6-1-2-7(4-8)11-6/h5-8,11H,1-4H2. The molecule has 5 heteroatoms. The van der Waals surface area contributed by atoms with Gasteiger partial charge in [-0.15, -0.1) is 5.10 Å². The van der Waals surface area contributed by atoms with Crippen LogP contribution in [0, 0.1) is 0 Å². The van der Waals surface area contributed by atoms with Crippen LogP contribution in [-0.4, -0.2) is 21.9 Å². The van der Waals surface area contributed by atoms with Gasteiger partial charge >= 0.3 is 5.76 Å². The number of rotatable bonds is 1. The van der Waals surface area contributed by atoms with Gasteiger partial charge in [0.25, 0.3) is 0 Å². The fraction of sp³-hybridized carbons (Fsp3) is 0.778. The number of nitrogens with zero attached hydrogens (tertiary/aromatic N) is 2. The first-order chi connectivity index (χ1) is 6.83. The Bertz CT molecular complexity index is 371. The molecule has 5 nitrogen and oxygen atoms in total. The van der Waals surface area contributed by atoms with Crippen molar-refractivity contribution in [3.8, 4) is 0 Å². The van der Waals surface area contributed by atoms with E-state index in [1.54, 1.807) is 0 Å². The summed E-state index contributed by atoms with van der Waals surface area (Å²) in [6.07, 6.45) is 5.69. The van der Waals surface area contributed by atoms with Gasteiger partial charge in [-0.25, -0.2) is 4.79 Å². The van der Waals surface area contributed by atoms with Crippen LogP contribution in [0.4, 0.5) is 0 Å². The fourth-order valence-electron chi connectivity index (χ4n) is 2.69. The lowest BCUT2D eigenvalue weighted by molar-refractivity contribution is 0.269. The first-order valence-electron chi connectivity index (χ1n) is 5.11. The van der Waals surface area contributed by atoms with Crippen LogP contribution in [0.25, 0.3) is 0 Å². The van der Waals surface area contributed by atoms with Gasteiger partial charge in [-0.1, -0.05) is 0 Å². The van der Waals surface area contributed by atoms with Gasteiger partial charge in [0, 0.05) is 12.1 Å². The largest absolute Gasteiger partial charge is 0.437 e. The van der Waals surface area contributed by atoms with Crippen LogP contribution >= 0.6 is 0 Å². The van der Waals surface area contributed by atoms with Crippen molar-refractivity contribution in [3.63, 3.8) is 0 Å². The smallest absolute Gasteiger partial charge is 0.395 e. The maximum Gasteiger partial charge on any atom is 0.437 e. The molecule has 0 saturated carbocycles. The van der Waals surface area contributed by atoms with Crippen LogP contribution < -0.4 is 11.1 Å². The van der Waals surface area contributed by atoms with Gasteiger partial charge in [-0.3, -0.25) is 0 Å². The predicted octanol–water partition coefficient (Wildman–Crippen LogP) is 0.292. The van der Waals surface area contributed by atoms with E-state index < -0.39 is 0 Å². The Kier molecular flexibility index (Phi) is 1.73. The van der Waals surface area contributed by atoms with Crippen molar-refractivity contribution < 1.29 is 4.42 Å². The molecule has 2 bridgehead atoms. The molecule has 0 spiro atoms. The quantitative estimate of drug-likeness (QED) is 0.699. The Morgan fingerprint density at radius 2 is 2.14 bits per heavy atom. The second-order valence-electron chi connectivity index (χ2n) is 4.21. The summed E-state index contributed by atoms with van der Waals surface area (Å²) in [4.78, 5) is 11.3. The minimum absolute atomic E-state index is 0.236. The predicted molar refractivity (Wildman–Crippen MR) is 49.0 cm³/mol. The molecule has 2 unspecified atom stereocenters. The van der Waals surface area contributed by atoms with E-state index in [2.05, 4.69) is 14.8 Å². The lowest BCUT2D eigenvalue weighted by Crippen LogP contribution is -2.40. The molecule has 0 aliphatic carbocycles. The number of fused-ring (bicyclic) bond motifs is 2. The van der Waals surface area contributed by atoms with Crippen LogP contribution in [0.15, 0.2) is 15.6 Å². The van der Waals surface area contributed by atoms with Gasteiger partial charge < -0.3 is 9.73 Å². The zero-order valence-electron chi connectivity index (χ0n) is 7.85. The Labute approximate surface area is 81.1 Å². The molecule has 1 aromatic rings. The van der Waals surface area contributed by atoms with Crippen LogP contribution in [0.1, 0.15) is 31.7 Å². The lowest BCUT2D eigenvalue weighted by atomic mass is 10.0. The van der Waals surface area contributed by atoms with Crippen molar-refractivity contribution in [1.82, 2.24) is 15.1 Å². The van der Waals surface area contributed by atoms with Gasteiger partial charge in [-0.2, -0.15) is 4.68 Å². The molecule has 76 valence electrons. The molecular formula is C9H13N3O2. The van der Waals surface area contributed by atoms with E-state index in [-0.39, 0.29) is 11.8 Å². The van der Waals surface area contributed by atoms with Crippen molar-refractivity contribution in [2.24, 2.45) is 0 Å². The van der Waals surface area contributed by atoms with E-state index in [0.717, 1.165) is 12.8 Å². The summed E-state index contributed by atoms with van der Waals surface area (Å²) in [5, 5.41) is 7.47. The molecule has 1 aromatic heterocycles. The van der Waals surface area contributed by atoms with Gasteiger partial charge in [-0.05, 0) is 25.7 Å². The van der Waals surface area contributed by atoms with Gasteiger partial charge in [0.1, 0.15) is 0 Å². The number of nitrogens with one attached hydrogen (secondary N) is 1. The van der Waals surface area contributed by atoms with Crippen LogP contribution in [0.3, 0.4) is 0 Å². The molecule has 2 aliphatic rings. The zero-order valence-corrected chi connectivity index (χ0v) is 7.85. The third-order valence-corrected chi connectivity index (χ3v) is 3.31. The second-order valence-corrected chi connectivity index (χ2v) is 4.21. The van der Waals surface area contributed by atoms with E-state index >= 15 is 0 Å². The first-order valence-corrected chi connectivity index (χ1v) is 5.11. The van der Waals surface area contributed by atoms with Crippen LogP contribution in [0.5, 0.6) is 0 Å². The Hall–Kier alpha value is -1.10. The van der Waals surface area contributed by atoms with Crippen molar-refractivity contribution in [1.29, 1.82) is 0 Å². The number of piperidine rings is 1. The summed E-state index contributed by atoms with van der Waals surface area (Å²) in [6.45, 7) is 0. The highest BCUT2D eigenvalue weighted by molar-refractivity contribution is 4.93. The highest BCUT2D eigenvalue weighted by Gasteiger charge is 2.35. The van der Waals surface area contributed by atoms with Gasteiger partial charge in [0.15, 0.2) is 0 Å². The molecule has 1 N–H and O–H groups in total. The number of aromatic nitrogens is 2. The van der Waals surface area contributed by atoms with Gasteiger partial charge in [0.2, 0.25) is 6.39 Å². The lowest BCUT2D eigenvalue weighted by Gasteiger charge is -2.27. The third-order valence-electron chi connectivity index (χ3n) is 3.31. The monoisotopic (exact) mass is 195 g/mol. The van der Waals surface area contributed by atoms with E-state index in [1.165, 1.54) is 23.9 Å². The summed E-state index contributed by atoms with van der Waals surface area (Å²) in [5.41, 5.74) is 0. The molecule has 0 radical (unpaired) electrons. The normalized spacial score (nSPS) is 36.1.